The zero-order chi connectivity index (χ0) is 23.0. The Morgan fingerprint density at radius 2 is 1.41 bits per heavy atom. The summed E-state index contributed by atoms with van der Waals surface area (Å²) in [5.41, 5.74) is 1.61. The predicted molar refractivity (Wildman–Crippen MR) is 137 cm³/mol. The topological polar surface area (TPSA) is 56.3 Å². The minimum Gasteiger partial charge on any atom is -0.508 e. The van der Waals surface area contributed by atoms with Crippen LogP contribution in [-0.2, 0) is 0 Å². The number of rotatable bonds is 19. The molecule has 0 bridgehead atoms. The third-order valence-corrected chi connectivity index (χ3v) is 6.55. The molecule has 1 aromatic carbocycles. The van der Waals surface area contributed by atoms with Crippen molar-refractivity contribution in [2.45, 2.75) is 103 Å². The number of carbonyl (C=O) groups excluding carboxylic acids is 1. The van der Waals surface area contributed by atoms with E-state index in [1.807, 2.05) is 6.07 Å². The first-order valence-electron chi connectivity index (χ1n) is 13.1. The number of benzene rings is 1. The fourth-order valence-corrected chi connectivity index (χ4v) is 4.48. The van der Waals surface area contributed by atoms with Gasteiger partial charge in [-0.2, -0.15) is 0 Å². The highest BCUT2D eigenvalue weighted by Crippen LogP contribution is 2.24. The van der Waals surface area contributed by atoms with Crippen molar-refractivity contribution in [3.63, 3.8) is 0 Å². The van der Waals surface area contributed by atoms with Gasteiger partial charge in [-0.05, 0) is 57.6 Å². The molecule has 0 aliphatic heterocycles. The van der Waals surface area contributed by atoms with E-state index in [0.29, 0.717) is 12.0 Å². The van der Waals surface area contributed by atoms with Crippen LogP contribution in [0.25, 0.3) is 10.9 Å². The molecule has 0 spiro atoms. The van der Waals surface area contributed by atoms with Crippen LogP contribution in [0, 0.1) is 0 Å². The molecule has 2 N–H and O–H groups in total. The SMILES string of the molecule is CCCCCCCCCN(C)CCCCCCCCCC(=O)c1c[nH]c2ccc(O)cc12. The molecule has 1 aromatic heterocycles. The number of phenols is 1. The van der Waals surface area contributed by atoms with Gasteiger partial charge in [0.15, 0.2) is 5.78 Å². The van der Waals surface area contributed by atoms with E-state index in [0.717, 1.165) is 23.7 Å². The van der Waals surface area contributed by atoms with Crippen LogP contribution in [0.2, 0.25) is 0 Å². The van der Waals surface area contributed by atoms with Gasteiger partial charge in [0.1, 0.15) is 5.75 Å². The molecule has 0 radical (unpaired) electrons. The summed E-state index contributed by atoms with van der Waals surface area (Å²) in [6, 6.07) is 5.13. The molecule has 0 amide bonds. The molecule has 4 heteroatoms. The number of ketones is 1. The third-order valence-electron chi connectivity index (χ3n) is 6.55. The van der Waals surface area contributed by atoms with E-state index < -0.39 is 0 Å². The molecule has 180 valence electrons. The standard InChI is InChI=1S/C28H46N2O2/c1-3-4-5-6-9-12-15-20-30(2)21-16-13-10-7-8-11-14-17-28(32)26-23-29-27-19-18-24(31)22-25(26)27/h18-19,22-23,29,31H,3-17,20-21H2,1-2H3. The lowest BCUT2D eigenvalue weighted by Crippen LogP contribution is -2.20. The van der Waals surface area contributed by atoms with E-state index in [2.05, 4.69) is 23.9 Å². The number of H-pyrrole nitrogens is 1. The number of aromatic amines is 1. The summed E-state index contributed by atoms with van der Waals surface area (Å²) in [5.74, 6) is 0.376. The van der Waals surface area contributed by atoms with E-state index in [-0.39, 0.29) is 11.5 Å². The van der Waals surface area contributed by atoms with Crippen molar-refractivity contribution in [3.8, 4) is 5.75 Å². The number of nitrogens with one attached hydrogen (secondary N) is 1. The molecule has 0 aliphatic carbocycles. The molecule has 2 aromatic rings. The lowest BCUT2D eigenvalue weighted by molar-refractivity contribution is 0.0980. The molecule has 1 heterocycles. The monoisotopic (exact) mass is 442 g/mol. The summed E-state index contributed by atoms with van der Waals surface area (Å²) in [5, 5.41) is 10.5. The molecule has 0 saturated carbocycles. The lowest BCUT2D eigenvalue weighted by Gasteiger charge is -2.16. The number of aromatic hydroxyl groups is 1. The highest BCUT2D eigenvalue weighted by atomic mass is 16.3. The summed E-state index contributed by atoms with van der Waals surface area (Å²) in [7, 11) is 2.27. The molecular weight excluding hydrogens is 396 g/mol. The van der Waals surface area contributed by atoms with Gasteiger partial charge in [0.05, 0.1) is 0 Å². The van der Waals surface area contributed by atoms with Crippen LogP contribution >= 0.6 is 0 Å². The number of unbranched alkanes of at least 4 members (excludes halogenated alkanes) is 12. The number of fused-ring (bicyclic) bond motifs is 1. The molecule has 4 nitrogen and oxygen atoms in total. The van der Waals surface area contributed by atoms with Crippen LogP contribution in [0.4, 0.5) is 0 Å². The highest BCUT2D eigenvalue weighted by molar-refractivity contribution is 6.08. The Morgan fingerprint density at radius 1 is 0.844 bits per heavy atom. The van der Waals surface area contributed by atoms with Crippen molar-refractivity contribution < 1.29 is 9.90 Å². The first-order chi connectivity index (χ1) is 15.6. The smallest absolute Gasteiger partial charge is 0.165 e. The molecular formula is C28H46N2O2. The summed E-state index contributed by atoms with van der Waals surface area (Å²) in [6.07, 6.45) is 20.6. The van der Waals surface area contributed by atoms with Crippen molar-refractivity contribution in [2.75, 3.05) is 20.1 Å². The fraction of sp³-hybridized carbons (Fsp3) is 0.679. The summed E-state index contributed by atoms with van der Waals surface area (Å²) in [4.78, 5) is 18.1. The van der Waals surface area contributed by atoms with E-state index in [4.69, 9.17) is 0 Å². The van der Waals surface area contributed by atoms with E-state index in [9.17, 15) is 9.90 Å². The number of nitrogens with zero attached hydrogens (tertiary/aromatic N) is 1. The van der Waals surface area contributed by atoms with E-state index >= 15 is 0 Å². The number of carbonyl (C=O) groups is 1. The van der Waals surface area contributed by atoms with Gasteiger partial charge in [-0.25, -0.2) is 0 Å². The summed E-state index contributed by atoms with van der Waals surface area (Å²) >= 11 is 0. The van der Waals surface area contributed by atoms with E-state index in [1.165, 1.54) is 90.1 Å². The van der Waals surface area contributed by atoms with Crippen LogP contribution in [0.5, 0.6) is 5.75 Å². The van der Waals surface area contributed by atoms with Gasteiger partial charge in [0, 0.05) is 29.1 Å². The molecule has 0 saturated heterocycles. The Labute approximate surface area is 195 Å². The van der Waals surface area contributed by atoms with Crippen LogP contribution in [-0.4, -0.2) is 40.9 Å². The van der Waals surface area contributed by atoms with Crippen molar-refractivity contribution >= 4 is 16.7 Å². The predicted octanol–water partition coefficient (Wildman–Crippen LogP) is 7.86. The number of Topliss-reactive ketones (excluding diaryl/α,β-unsaturated/α-hetero) is 1. The largest absolute Gasteiger partial charge is 0.508 e. The minimum atomic E-state index is 0.172. The maximum Gasteiger partial charge on any atom is 0.165 e. The Bertz CT molecular complexity index is 768. The number of hydrogen-bond donors (Lipinski definition) is 2. The summed E-state index contributed by atoms with van der Waals surface area (Å²) in [6.45, 7) is 4.75. The maximum absolute atomic E-state index is 12.5. The average molecular weight is 443 g/mol. The van der Waals surface area contributed by atoms with Crippen LogP contribution < -0.4 is 0 Å². The van der Waals surface area contributed by atoms with Crippen molar-refractivity contribution in [2.24, 2.45) is 0 Å². The van der Waals surface area contributed by atoms with Gasteiger partial charge in [0.25, 0.3) is 0 Å². The van der Waals surface area contributed by atoms with Gasteiger partial charge in [-0.3, -0.25) is 4.79 Å². The van der Waals surface area contributed by atoms with Crippen LogP contribution in [0.1, 0.15) is 114 Å². The number of hydrogen-bond acceptors (Lipinski definition) is 3. The molecule has 0 unspecified atom stereocenters. The third kappa shape index (κ3) is 10.2. The Morgan fingerprint density at radius 3 is 2.03 bits per heavy atom. The maximum atomic E-state index is 12.5. The Kier molecular flexibility index (Phi) is 13.1. The fourth-order valence-electron chi connectivity index (χ4n) is 4.48. The minimum absolute atomic E-state index is 0.172. The first kappa shape index (κ1) is 26.4. The molecule has 0 aliphatic rings. The number of phenolic OH excluding ortho intramolecular Hbond substituents is 1. The van der Waals surface area contributed by atoms with Gasteiger partial charge in [0.2, 0.25) is 0 Å². The number of aromatic nitrogens is 1. The van der Waals surface area contributed by atoms with Gasteiger partial charge in [-0.15, -0.1) is 0 Å². The zero-order valence-corrected chi connectivity index (χ0v) is 20.6. The van der Waals surface area contributed by atoms with Crippen LogP contribution in [0.3, 0.4) is 0 Å². The van der Waals surface area contributed by atoms with Crippen LogP contribution in [0.15, 0.2) is 24.4 Å². The van der Waals surface area contributed by atoms with Gasteiger partial charge >= 0.3 is 0 Å². The average Bonchev–Trinajstić information content (AvgIpc) is 3.20. The quantitative estimate of drug-likeness (QED) is 0.172. The normalized spacial score (nSPS) is 11.6. The second kappa shape index (κ2) is 15.9. The Hall–Kier alpha value is -1.81. The second-order valence-electron chi connectivity index (χ2n) is 9.50. The van der Waals surface area contributed by atoms with Crippen molar-refractivity contribution in [1.29, 1.82) is 0 Å². The van der Waals surface area contributed by atoms with Gasteiger partial charge < -0.3 is 15.0 Å². The first-order valence-corrected chi connectivity index (χ1v) is 13.1. The second-order valence-corrected chi connectivity index (χ2v) is 9.50. The molecule has 0 fully saturated rings. The van der Waals surface area contributed by atoms with E-state index in [1.54, 1.807) is 18.3 Å². The summed E-state index contributed by atoms with van der Waals surface area (Å²) < 4.78 is 0. The molecule has 32 heavy (non-hydrogen) atoms. The van der Waals surface area contributed by atoms with Gasteiger partial charge in [-0.1, -0.05) is 77.6 Å². The van der Waals surface area contributed by atoms with Crippen molar-refractivity contribution in [3.05, 3.63) is 30.0 Å². The zero-order valence-electron chi connectivity index (χ0n) is 20.6. The highest BCUT2D eigenvalue weighted by Gasteiger charge is 2.12. The van der Waals surface area contributed by atoms with Crippen molar-refractivity contribution in [1.82, 2.24) is 9.88 Å². The Balaban J connectivity index is 1.42. The molecule has 0 atom stereocenters. The molecule has 2 rings (SSSR count). The lowest BCUT2D eigenvalue weighted by atomic mass is 10.0.